The molecule has 0 aromatic heterocycles. The summed E-state index contributed by atoms with van der Waals surface area (Å²) in [7, 11) is 0. The van der Waals surface area contributed by atoms with Gasteiger partial charge in [0.2, 0.25) is 5.78 Å². The van der Waals surface area contributed by atoms with E-state index >= 15 is 0 Å². The molecule has 8 heteroatoms. The van der Waals surface area contributed by atoms with E-state index in [0.29, 0.717) is 0 Å². The van der Waals surface area contributed by atoms with Gasteiger partial charge in [-0.3, -0.25) is 4.79 Å². The van der Waals surface area contributed by atoms with Crippen LogP contribution < -0.4 is 5.32 Å². The Hall–Kier alpha value is -2.38. The van der Waals surface area contributed by atoms with E-state index in [1.807, 2.05) is 0 Å². The summed E-state index contributed by atoms with van der Waals surface area (Å²) in [4.78, 5) is 24.2. The molecule has 0 atom stereocenters. The molecule has 132 valence electrons. The lowest BCUT2D eigenvalue weighted by atomic mass is 10.0. The fraction of sp³-hybridized carbons (Fsp3) is 0.375. The number of rotatable bonds is 5. The molecule has 0 unspecified atom stereocenters. The molecule has 24 heavy (non-hydrogen) atoms. The number of ketones is 1. The van der Waals surface area contributed by atoms with Crippen LogP contribution in [0.4, 0.5) is 17.6 Å². The van der Waals surface area contributed by atoms with Crippen LogP contribution in [0.25, 0.3) is 0 Å². The Morgan fingerprint density at radius 1 is 1.12 bits per heavy atom. The average molecular weight is 347 g/mol. The lowest BCUT2D eigenvalue weighted by molar-refractivity contribution is -0.138. The van der Waals surface area contributed by atoms with Gasteiger partial charge in [0.25, 0.3) is 0 Å². The Kier molecular flexibility index (Phi) is 6.11. The zero-order valence-corrected chi connectivity index (χ0v) is 13.6. The molecule has 4 nitrogen and oxygen atoms in total. The second kappa shape index (κ2) is 7.46. The summed E-state index contributed by atoms with van der Waals surface area (Å²) in [6.07, 6.45) is 0.971. The first kappa shape index (κ1) is 19.7. The summed E-state index contributed by atoms with van der Waals surface area (Å²) in [5, 5.41) is 2.70. The zero-order chi connectivity index (χ0) is 18.7. The lowest BCUT2D eigenvalue weighted by Gasteiger charge is -2.19. The Morgan fingerprint density at radius 2 is 1.71 bits per heavy atom. The van der Waals surface area contributed by atoms with Gasteiger partial charge in [-0.2, -0.15) is 0 Å². The maximum absolute atomic E-state index is 13.8. The number of hydrogen-bond donors (Lipinski definition) is 1. The minimum atomic E-state index is -2.13. The molecule has 0 saturated carbocycles. The number of benzene rings is 1. The molecule has 0 aliphatic carbocycles. The minimum absolute atomic E-state index is 0.0758. The minimum Gasteiger partial charge on any atom is -0.462 e. The van der Waals surface area contributed by atoms with Crippen molar-refractivity contribution in [1.82, 2.24) is 5.32 Å². The third kappa shape index (κ3) is 4.56. The quantitative estimate of drug-likeness (QED) is 0.130. The van der Waals surface area contributed by atoms with E-state index in [-0.39, 0.29) is 12.7 Å². The van der Waals surface area contributed by atoms with Crippen LogP contribution in [-0.2, 0) is 9.53 Å². The Balaban J connectivity index is 3.39. The van der Waals surface area contributed by atoms with E-state index < -0.39 is 51.7 Å². The van der Waals surface area contributed by atoms with Gasteiger partial charge in [0.1, 0.15) is 5.57 Å². The van der Waals surface area contributed by atoms with Crippen molar-refractivity contribution in [3.63, 3.8) is 0 Å². The number of halogens is 4. The molecule has 0 radical (unpaired) electrons. The third-order valence-electron chi connectivity index (χ3n) is 2.74. The molecular weight excluding hydrogens is 330 g/mol. The van der Waals surface area contributed by atoms with Crippen molar-refractivity contribution in [1.29, 1.82) is 0 Å². The number of nitrogens with one attached hydrogen (secondary N) is 1. The molecule has 0 heterocycles. The Morgan fingerprint density at radius 3 is 2.21 bits per heavy atom. The topological polar surface area (TPSA) is 55.4 Å². The van der Waals surface area contributed by atoms with Gasteiger partial charge in [0.05, 0.1) is 12.2 Å². The molecule has 1 aromatic rings. The number of esters is 1. The predicted molar refractivity (Wildman–Crippen MR) is 78.2 cm³/mol. The third-order valence-corrected chi connectivity index (χ3v) is 2.74. The summed E-state index contributed by atoms with van der Waals surface area (Å²) >= 11 is 0. The number of hydrogen-bond acceptors (Lipinski definition) is 4. The molecule has 0 amide bonds. The average Bonchev–Trinajstić information content (AvgIpc) is 2.48. The highest BCUT2D eigenvalue weighted by Crippen LogP contribution is 2.21. The molecule has 0 bridgehead atoms. The van der Waals surface area contributed by atoms with Crippen LogP contribution >= 0.6 is 0 Å². The smallest absolute Gasteiger partial charge is 0.343 e. The molecule has 0 aliphatic rings. The van der Waals surface area contributed by atoms with Crippen LogP contribution in [0.15, 0.2) is 17.8 Å². The van der Waals surface area contributed by atoms with Crippen molar-refractivity contribution in [2.75, 3.05) is 6.61 Å². The molecule has 0 fully saturated rings. The predicted octanol–water partition coefficient (Wildman–Crippen LogP) is 3.26. The normalized spacial score (nSPS) is 12.1. The van der Waals surface area contributed by atoms with E-state index in [4.69, 9.17) is 0 Å². The van der Waals surface area contributed by atoms with E-state index in [0.717, 1.165) is 6.20 Å². The number of carbonyl (C=O) groups is 2. The summed E-state index contributed by atoms with van der Waals surface area (Å²) in [6, 6.07) is 0.195. The van der Waals surface area contributed by atoms with Gasteiger partial charge in [-0.15, -0.1) is 0 Å². The second-order valence-electron chi connectivity index (χ2n) is 5.85. The summed E-state index contributed by atoms with van der Waals surface area (Å²) in [6.45, 7) is 6.56. The second-order valence-corrected chi connectivity index (χ2v) is 5.85. The highest BCUT2D eigenvalue weighted by molar-refractivity contribution is 6.24. The monoisotopic (exact) mass is 347 g/mol. The van der Waals surface area contributed by atoms with Gasteiger partial charge in [-0.05, 0) is 33.8 Å². The maximum atomic E-state index is 13.8. The fourth-order valence-corrected chi connectivity index (χ4v) is 1.60. The first-order chi connectivity index (χ1) is 11.0. The highest BCUT2D eigenvalue weighted by atomic mass is 19.2. The van der Waals surface area contributed by atoms with Gasteiger partial charge in [-0.25, -0.2) is 22.4 Å². The molecule has 0 aliphatic heterocycles. The standard InChI is InChI=1S/C16H17F4NO3/c1-5-24-15(23)9(7-21-16(2,3)4)14(22)8-6-10(17)12(19)13(20)11(8)18/h6-7,21H,5H2,1-4H3/b9-7+. The molecule has 0 saturated heterocycles. The number of carbonyl (C=O) groups excluding carboxylic acids is 2. The van der Waals surface area contributed by atoms with E-state index in [9.17, 15) is 27.2 Å². The van der Waals surface area contributed by atoms with Crippen molar-refractivity contribution < 1.29 is 31.9 Å². The molecule has 0 spiro atoms. The molecule has 1 rings (SSSR count). The van der Waals surface area contributed by atoms with Crippen molar-refractivity contribution in [2.45, 2.75) is 33.2 Å². The van der Waals surface area contributed by atoms with E-state index in [1.54, 1.807) is 20.8 Å². The van der Waals surface area contributed by atoms with Crippen molar-refractivity contribution in [3.05, 3.63) is 46.7 Å². The van der Waals surface area contributed by atoms with E-state index in [2.05, 4.69) is 10.1 Å². The summed E-state index contributed by atoms with van der Waals surface area (Å²) in [5.41, 5.74) is -2.34. The lowest BCUT2D eigenvalue weighted by Crippen LogP contribution is -2.33. The summed E-state index contributed by atoms with van der Waals surface area (Å²) in [5.74, 6) is -10.2. The van der Waals surface area contributed by atoms with Crippen LogP contribution in [0.1, 0.15) is 38.1 Å². The van der Waals surface area contributed by atoms with Gasteiger partial charge < -0.3 is 10.1 Å². The molecule has 1 N–H and O–H groups in total. The van der Waals surface area contributed by atoms with Gasteiger partial charge in [0, 0.05) is 11.7 Å². The van der Waals surface area contributed by atoms with E-state index in [1.165, 1.54) is 6.92 Å². The van der Waals surface area contributed by atoms with Gasteiger partial charge in [0.15, 0.2) is 23.3 Å². The fourth-order valence-electron chi connectivity index (χ4n) is 1.60. The molecular formula is C16H17F4NO3. The van der Waals surface area contributed by atoms with Gasteiger partial charge >= 0.3 is 5.97 Å². The number of ether oxygens (including phenoxy) is 1. The SMILES string of the molecule is CCOC(=O)/C(=C/NC(C)(C)C)C(=O)c1cc(F)c(F)c(F)c1F. The largest absolute Gasteiger partial charge is 0.462 e. The first-order valence-corrected chi connectivity index (χ1v) is 7.02. The van der Waals surface area contributed by atoms with Crippen LogP contribution in [0, 0.1) is 23.3 Å². The summed E-state index contributed by atoms with van der Waals surface area (Å²) < 4.78 is 58.0. The Bertz CT molecular complexity index is 694. The zero-order valence-electron chi connectivity index (χ0n) is 13.6. The van der Waals surface area contributed by atoms with Crippen LogP contribution in [0.5, 0.6) is 0 Å². The van der Waals surface area contributed by atoms with Crippen LogP contribution in [0.3, 0.4) is 0 Å². The molecule has 1 aromatic carbocycles. The van der Waals surface area contributed by atoms with Crippen LogP contribution in [-0.4, -0.2) is 23.9 Å². The highest BCUT2D eigenvalue weighted by Gasteiger charge is 2.29. The van der Waals surface area contributed by atoms with Gasteiger partial charge in [-0.1, -0.05) is 0 Å². The van der Waals surface area contributed by atoms with Crippen molar-refractivity contribution >= 4 is 11.8 Å². The van der Waals surface area contributed by atoms with Crippen LogP contribution in [0.2, 0.25) is 0 Å². The van der Waals surface area contributed by atoms with Crippen molar-refractivity contribution in [3.8, 4) is 0 Å². The number of Topliss-reactive ketones (excluding diaryl/α,β-unsaturated/α-hetero) is 1. The maximum Gasteiger partial charge on any atom is 0.343 e. The van der Waals surface area contributed by atoms with Crippen molar-refractivity contribution in [2.24, 2.45) is 0 Å². The first-order valence-electron chi connectivity index (χ1n) is 7.02. The Labute approximate surface area is 136 Å².